The Kier molecular flexibility index (Phi) is 6.11. The summed E-state index contributed by atoms with van der Waals surface area (Å²) in [4.78, 5) is 16.3. The normalized spacial score (nSPS) is 22.3. The standard InChI is InChI=1S/C16H20F3N3O.ClH/c17-16(18,19)14-4-2-1-3-13(14)15(23)22-9-7-21(8-10-22)12-5-6-20-11-12;/h1-4,12,20H,5-11H2;1H. The Hall–Kier alpha value is -1.31. The van der Waals surface area contributed by atoms with Crippen molar-refractivity contribution in [1.29, 1.82) is 0 Å². The van der Waals surface area contributed by atoms with Gasteiger partial charge in [0.2, 0.25) is 0 Å². The third-order valence-corrected chi connectivity index (χ3v) is 4.62. The van der Waals surface area contributed by atoms with Crippen molar-refractivity contribution in [3.63, 3.8) is 0 Å². The molecular formula is C16H21ClF3N3O. The molecule has 0 saturated carbocycles. The predicted molar refractivity (Wildman–Crippen MR) is 87.4 cm³/mol. The van der Waals surface area contributed by atoms with Gasteiger partial charge in [0.05, 0.1) is 11.1 Å². The predicted octanol–water partition coefficient (Wildman–Crippen LogP) is 2.25. The largest absolute Gasteiger partial charge is 0.417 e. The number of carbonyl (C=O) groups excluding carboxylic acids is 1. The minimum atomic E-state index is -4.51. The van der Waals surface area contributed by atoms with Crippen molar-refractivity contribution in [3.05, 3.63) is 35.4 Å². The average Bonchev–Trinajstić information content (AvgIpc) is 3.08. The third kappa shape index (κ3) is 4.02. The highest BCUT2D eigenvalue weighted by atomic mass is 35.5. The molecule has 24 heavy (non-hydrogen) atoms. The van der Waals surface area contributed by atoms with Crippen LogP contribution in [0, 0.1) is 0 Å². The van der Waals surface area contributed by atoms with E-state index >= 15 is 0 Å². The van der Waals surface area contributed by atoms with Crippen LogP contribution >= 0.6 is 12.4 Å². The van der Waals surface area contributed by atoms with Crippen molar-refractivity contribution in [2.75, 3.05) is 39.3 Å². The highest BCUT2D eigenvalue weighted by Crippen LogP contribution is 2.32. The summed E-state index contributed by atoms with van der Waals surface area (Å²) < 4.78 is 39.2. The Morgan fingerprint density at radius 1 is 1.12 bits per heavy atom. The number of alkyl halides is 3. The van der Waals surface area contributed by atoms with Crippen LogP contribution < -0.4 is 5.32 Å². The number of halogens is 4. The number of benzene rings is 1. The fourth-order valence-electron chi connectivity index (χ4n) is 3.33. The van der Waals surface area contributed by atoms with Crippen molar-refractivity contribution in [2.45, 2.75) is 18.6 Å². The highest BCUT2D eigenvalue weighted by Gasteiger charge is 2.36. The second-order valence-corrected chi connectivity index (χ2v) is 6.02. The number of amides is 1. The van der Waals surface area contributed by atoms with Gasteiger partial charge < -0.3 is 10.2 Å². The van der Waals surface area contributed by atoms with Gasteiger partial charge in [0.15, 0.2) is 0 Å². The zero-order valence-electron chi connectivity index (χ0n) is 13.2. The molecule has 2 saturated heterocycles. The molecule has 1 aromatic carbocycles. The van der Waals surface area contributed by atoms with E-state index in [1.54, 1.807) is 0 Å². The minimum absolute atomic E-state index is 0. The Labute approximate surface area is 145 Å². The number of piperazine rings is 1. The molecule has 2 aliphatic heterocycles. The van der Waals surface area contributed by atoms with Crippen LogP contribution in [-0.2, 0) is 6.18 Å². The first-order valence-electron chi connectivity index (χ1n) is 7.87. The van der Waals surface area contributed by atoms with Crippen LogP contribution in [0.1, 0.15) is 22.3 Å². The molecule has 1 amide bonds. The van der Waals surface area contributed by atoms with Gasteiger partial charge in [-0.25, -0.2) is 0 Å². The minimum Gasteiger partial charge on any atom is -0.336 e. The van der Waals surface area contributed by atoms with Crippen molar-refractivity contribution in [3.8, 4) is 0 Å². The SMILES string of the molecule is Cl.O=C(c1ccccc1C(F)(F)F)N1CCN(C2CCNC2)CC1. The first-order chi connectivity index (χ1) is 11.0. The fraction of sp³-hybridized carbons (Fsp3) is 0.562. The highest BCUT2D eigenvalue weighted by molar-refractivity contribution is 5.96. The first kappa shape index (κ1) is 19.0. The van der Waals surface area contributed by atoms with Crippen LogP contribution in [-0.4, -0.2) is 61.0 Å². The number of rotatable bonds is 2. The smallest absolute Gasteiger partial charge is 0.336 e. The number of carbonyl (C=O) groups is 1. The van der Waals surface area contributed by atoms with Gasteiger partial charge in [-0.1, -0.05) is 12.1 Å². The van der Waals surface area contributed by atoms with E-state index in [1.165, 1.54) is 23.1 Å². The van der Waals surface area contributed by atoms with Crippen LogP contribution in [0.3, 0.4) is 0 Å². The summed E-state index contributed by atoms with van der Waals surface area (Å²) in [7, 11) is 0. The molecule has 1 atom stereocenters. The molecule has 1 aromatic rings. The Bertz CT molecular complexity index is 568. The summed E-state index contributed by atoms with van der Waals surface area (Å²) in [6.45, 7) is 4.33. The summed E-state index contributed by atoms with van der Waals surface area (Å²) in [6, 6.07) is 5.49. The molecule has 134 valence electrons. The molecule has 1 N–H and O–H groups in total. The first-order valence-corrected chi connectivity index (χ1v) is 7.87. The van der Waals surface area contributed by atoms with Gasteiger partial charge in [-0.05, 0) is 25.1 Å². The third-order valence-electron chi connectivity index (χ3n) is 4.62. The van der Waals surface area contributed by atoms with Gasteiger partial charge >= 0.3 is 6.18 Å². The average molecular weight is 364 g/mol. The molecule has 2 heterocycles. The second-order valence-electron chi connectivity index (χ2n) is 6.02. The van der Waals surface area contributed by atoms with E-state index < -0.39 is 17.6 Å². The van der Waals surface area contributed by atoms with Crippen LogP contribution in [0.15, 0.2) is 24.3 Å². The quantitative estimate of drug-likeness (QED) is 0.875. The number of hydrogen-bond donors (Lipinski definition) is 1. The lowest BCUT2D eigenvalue weighted by atomic mass is 10.1. The molecule has 0 aliphatic carbocycles. The summed E-state index contributed by atoms with van der Waals surface area (Å²) in [5, 5.41) is 3.31. The molecule has 3 rings (SSSR count). The molecule has 4 nitrogen and oxygen atoms in total. The summed E-state index contributed by atoms with van der Waals surface area (Å²) in [6.07, 6.45) is -3.42. The summed E-state index contributed by atoms with van der Waals surface area (Å²) in [5.41, 5.74) is -1.11. The van der Waals surface area contributed by atoms with Crippen LogP contribution in [0.5, 0.6) is 0 Å². The summed E-state index contributed by atoms with van der Waals surface area (Å²) in [5.74, 6) is -0.526. The van der Waals surface area contributed by atoms with Gasteiger partial charge in [0, 0.05) is 38.8 Å². The Morgan fingerprint density at radius 3 is 2.38 bits per heavy atom. The van der Waals surface area contributed by atoms with E-state index in [0.29, 0.717) is 32.2 Å². The zero-order chi connectivity index (χ0) is 16.4. The van der Waals surface area contributed by atoms with Crippen LogP contribution in [0.25, 0.3) is 0 Å². The Balaban J connectivity index is 0.00000208. The molecule has 0 aromatic heterocycles. The zero-order valence-corrected chi connectivity index (χ0v) is 14.0. The fourth-order valence-corrected chi connectivity index (χ4v) is 3.33. The maximum atomic E-state index is 13.1. The number of nitrogens with zero attached hydrogens (tertiary/aromatic N) is 2. The monoisotopic (exact) mass is 363 g/mol. The maximum Gasteiger partial charge on any atom is 0.417 e. The Morgan fingerprint density at radius 2 is 1.79 bits per heavy atom. The molecule has 2 fully saturated rings. The van der Waals surface area contributed by atoms with Gasteiger partial charge in [0.1, 0.15) is 0 Å². The van der Waals surface area contributed by atoms with Crippen molar-refractivity contribution in [1.82, 2.24) is 15.1 Å². The van der Waals surface area contributed by atoms with E-state index in [0.717, 1.165) is 25.6 Å². The summed E-state index contributed by atoms with van der Waals surface area (Å²) >= 11 is 0. The molecule has 0 bridgehead atoms. The van der Waals surface area contributed by atoms with Gasteiger partial charge in [-0.3, -0.25) is 9.69 Å². The van der Waals surface area contributed by atoms with Gasteiger partial charge in [0.25, 0.3) is 5.91 Å². The van der Waals surface area contributed by atoms with E-state index in [2.05, 4.69) is 10.2 Å². The van der Waals surface area contributed by atoms with E-state index in [1.807, 2.05) is 0 Å². The van der Waals surface area contributed by atoms with Gasteiger partial charge in [-0.2, -0.15) is 13.2 Å². The van der Waals surface area contributed by atoms with Gasteiger partial charge in [-0.15, -0.1) is 12.4 Å². The van der Waals surface area contributed by atoms with E-state index in [4.69, 9.17) is 0 Å². The molecule has 8 heteroatoms. The van der Waals surface area contributed by atoms with E-state index in [-0.39, 0.29) is 18.0 Å². The molecule has 0 spiro atoms. The lowest BCUT2D eigenvalue weighted by molar-refractivity contribution is -0.138. The van der Waals surface area contributed by atoms with Crippen LogP contribution in [0.2, 0.25) is 0 Å². The second kappa shape index (κ2) is 7.72. The van der Waals surface area contributed by atoms with Crippen molar-refractivity contribution in [2.24, 2.45) is 0 Å². The maximum absolute atomic E-state index is 13.1. The lowest BCUT2D eigenvalue weighted by Gasteiger charge is -2.38. The van der Waals surface area contributed by atoms with Crippen molar-refractivity contribution < 1.29 is 18.0 Å². The number of hydrogen-bond acceptors (Lipinski definition) is 3. The molecule has 0 radical (unpaired) electrons. The molecule has 1 unspecified atom stereocenters. The topological polar surface area (TPSA) is 35.6 Å². The molecule has 2 aliphatic rings. The number of nitrogens with one attached hydrogen (secondary N) is 1. The van der Waals surface area contributed by atoms with Crippen molar-refractivity contribution >= 4 is 18.3 Å². The van der Waals surface area contributed by atoms with E-state index in [9.17, 15) is 18.0 Å². The molecular weight excluding hydrogens is 343 g/mol. The lowest BCUT2D eigenvalue weighted by Crippen LogP contribution is -2.52. The van der Waals surface area contributed by atoms with Crippen LogP contribution in [0.4, 0.5) is 13.2 Å².